The number of aliphatic hydroxyl groups excluding tert-OH is 1. The zero-order valence-corrected chi connectivity index (χ0v) is 17.4. The van der Waals surface area contributed by atoms with Gasteiger partial charge in [-0.3, -0.25) is 4.40 Å². The molecule has 4 rings (SSSR count). The Morgan fingerprint density at radius 3 is 2.74 bits per heavy atom. The van der Waals surface area contributed by atoms with Gasteiger partial charge in [0.25, 0.3) is 0 Å². The van der Waals surface area contributed by atoms with Crippen LogP contribution < -0.4 is 15.4 Å². The first-order chi connectivity index (χ1) is 15.1. The molecule has 0 aliphatic rings. The summed E-state index contributed by atoms with van der Waals surface area (Å²) >= 11 is 0. The highest BCUT2D eigenvalue weighted by Crippen LogP contribution is 2.34. The van der Waals surface area contributed by atoms with Gasteiger partial charge in [-0.05, 0) is 30.2 Å². The van der Waals surface area contributed by atoms with E-state index in [-0.39, 0.29) is 12.4 Å². The van der Waals surface area contributed by atoms with Gasteiger partial charge in [0.05, 0.1) is 25.6 Å². The second kappa shape index (κ2) is 9.11. The number of hydrogen-bond acceptors (Lipinski definition) is 6. The first-order valence-electron chi connectivity index (χ1n) is 9.96. The Labute approximate surface area is 179 Å². The van der Waals surface area contributed by atoms with Crippen molar-refractivity contribution in [2.24, 2.45) is 0 Å². The SMILES string of the molecule is COc1cccc(-c2cccc(Nc3nccn4c(CNCCO)cnc34)c2C)c1F. The number of aliphatic hydroxyl groups is 1. The lowest BCUT2D eigenvalue weighted by atomic mass is 9.98. The summed E-state index contributed by atoms with van der Waals surface area (Å²) in [5.41, 5.74) is 4.58. The predicted octanol–water partition coefficient (Wildman–Crippen LogP) is 3.68. The number of ether oxygens (including phenoxy) is 1. The minimum atomic E-state index is -0.390. The third-order valence-corrected chi connectivity index (χ3v) is 5.16. The molecule has 31 heavy (non-hydrogen) atoms. The van der Waals surface area contributed by atoms with Crippen LogP contribution in [0.15, 0.2) is 55.0 Å². The average Bonchev–Trinajstić information content (AvgIpc) is 3.20. The summed E-state index contributed by atoms with van der Waals surface area (Å²) in [6.07, 6.45) is 5.33. The zero-order valence-electron chi connectivity index (χ0n) is 17.4. The quantitative estimate of drug-likeness (QED) is 0.377. The molecule has 0 amide bonds. The van der Waals surface area contributed by atoms with E-state index in [2.05, 4.69) is 20.6 Å². The maximum absolute atomic E-state index is 14.8. The van der Waals surface area contributed by atoms with E-state index >= 15 is 0 Å². The summed E-state index contributed by atoms with van der Waals surface area (Å²) in [7, 11) is 1.46. The van der Waals surface area contributed by atoms with Gasteiger partial charge in [0, 0.05) is 36.7 Å². The highest BCUT2D eigenvalue weighted by molar-refractivity contribution is 5.79. The van der Waals surface area contributed by atoms with Crippen molar-refractivity contribution >= 4 is 17.2 Å². The van der Waals surface area contributed by atoms with Gasteiger partial charge in [-0.25, -0.2) is 14.4 Å². The summed E-state index contributed by atoms with van der Waals surface area (Å²) in [6.45, 7) is 3.10. The molecule has 160 valence electrons. The third kappa shape index (κ3) is 4.08. The molecule has 2 aromatic carbocycles. The fourth-order valence-corrected chi connectivity index (χ4v) is 3.55. The van der Waals surface area contributed by atoms with Crippen molar-refractivity contribution in [3.63, 3.8) is 0 Å². The fourth-order valence-electron chi connectivity index (χ4n) is 3.55. The number of methoxy groups -OCH3 is 1. The lowest BCUT2D eigenvalue weighted by Crippen LogP contribution is -2.18. The van der Waals surface area contributed by atoms with Gasteiger partial charge in [0.2, 0.25) is 0 Å². The molecule has 2 heterocycles. The molecule has 0 atom stereocenters. The molecule has 0 radical (unpaired) electrons. The van der Waals surface area contributed by atoms with Crippen LogP contribution in [0.1, 0.15) is 11.3 Å². The minimum Gasteiger partial charge on any atom is -0.494 e. The molecule has 0 spiro atoms. The van der Waals surface area contributed by atoms with Gasteiger partial charge < -0.3 is 20.5 Å². The lowest BCUT2D eigenvalue weighted by Gasteiger charge is -2.15. The molecule has 3 N–H and O–H groups in total. The number of anilines is 2. The Balaban J connectivity index is 1.68. The predicted molar refractivity (Wildman–Crippen MR) is 118 cm³/mol. The van der Waals surface area contributed by atoms with Gasteiger partial charge in [-0.15, -0.1) is 0 Å². The number of nitrogens with zero attached hydrogens (tertiary/aromatic N) is 3. The molecule has 8 heteroatoms. The molecule has 0 unspecified atom stereocenters. The molecule has 7 nitrogen and oxygen atoms in total. The van der Waals surface area contributed by atoms with E-state index in [4.69, 9.17) is 9.84 Å². The minimum absolute atomic E-state index is 0.0780. The molecule has 0 aliphatic heterocycles. The number of nitrogens with one attached hydrogen (secondary N) is 2. The first kappa shape index (κ1) is 20.8. The number of aromatic nitrogens is 3. The van der Waals surface area contributed by atoms with Crippen LogP contribution in [0.5, 0.6) is 5.75 Å². The lowest BCUT2D eigenvalue weighted by molar-refractivity contribution is 0.291. The van der Waals surface area contributed by atoms with Crippen LogP contribution in [-0.2, 0) is 6.54 Å². The van der Waals surface area contributed by atoms with Crippen LogP contribution in [0.25, 0.3) is 16.8 Å². The molecule has 0 aliphatic carbocycles. The Bertz CT molecular complexity index is 1210. The van der Waals surface area contributed by atoms with Crippen molar-refractivity contribution in [1.29, 1.82) is 0 Å². The van der Waals surface area contributed by atoms with Crippen molar-refractivity contribution in [2.45, 2.75) is 13.5 Å². The van der Waals surface area contributed by atoms with Crippen molar-refractivity contribution in [3.8, 4) is 16.9 Å². The summed E-state index contributed by atoms with van der Waals surface area (Å²) in [6, 6.07) is 10.8. The van der Waals surface area contributed by atoms with Crippen LogP contribution in [0.4, 0.5) is 15.9 Å². The Kier molecular flexibility index (Phi) is 6.11. The number of imidazole rings is 1. The van der Waals surface area contributed by atoms with Crippen molar-refractivity contribution in [2.75, 3.05) is 25.6 Å². The normalized spacial score (nSPS) is 11.1. The first-order valence-corrected chi connectivity index (χ1v) is 9.96. The highest BCUT2D eigenvalue weighted by atomic mass is 19.1. The fraction of sp³-hybridized carbons (Fsp3) is 0.217. The highest BCUT2D eigenvalue weighted by Gasteiger charge is 2.15. The standard InChI is InChI=1S/C23H24FN5O2/c1-15-17(18-6-4-8-20(31-2)21(18)24)5-3-7-19(15)28-22-23-27-14-16(13-25-10-12-30)29(23)11-9-26-22/h3-9,11,14,25,30H,10,12-13H2,1-2H3,(H,26,28). The van der Waals surface area contributed by atoms with Crippen LogP contribution in [0.3, 0.4) is 0 Å². The Hall–Kier alpha value is -3.49. The maximum Gasteiger partial charge on any atom is 0.180 e. The number of fused-ring (bicyclic) bond motifs is 1. The van der Waals surface area contributed by atoms with Gasteiger partial charge in [0.15, 0.2) is 23.0 Å². The van der Waals surface area contributed by atoms with E-state index in [1.165, 1.54) is 7.11 Å². The second-order valence-electron chi connectivity index (χ2n) is 7.04. The van der Waals surface area contributed by atoms with Crippen molar-refractivity contribution < 1.29 is 14.2 Å². The number of hydrogen-bond donors (Lipinski definition) is 3. The van der Waals surface area contributed by atoms with Gasteiger partial charge in [0.1, 0.15) is 0 Å². The van der Waals surface area contributed by atoms with Crippen LogP contribution in [-0.4, -0.2) is 39.7 Å². The Morgan fingerprint density at radius 2 is 1.94 bits per heavy atom. The monoisotopic (exact) mass is 421 g/mol. The van der Waals surface area contributed by atoms with E-state index in [0.717, 1.165) is 22.5 Å². The van der Waals surface area contributed by atoms with E-state index in [0.29, 0.717) is 30.1 Å². The van der Waals surface area contributed by atoms with E-state index in [1.807, 2.05) is 35.7 Å². The Morgan fingerprint density at radius 1 is 1.13 bits per heavy atom. The van der Waals surface area contributed by atoms with E-state index < -0.39 is 5.82 Å². The van der Waals surface area contributed by atoms with Gasteiger partial charge >= 0.3 is 0 Å². The van der Waals surface area contributed by atoms with Crippen LogP contribution >= 0.6 is 0 Å². The third-order valence-electron chi connectivity index (χ3n) is 5.16. The summed E-state index contributed by atoms with van der Waals surface area (Å²) in [4.78, 5) is 8.95. The zero-order chi connectivity index (χ0) is 21.8. The molecular formula is C23H24FN5O2. The van der Waals surface area contributed by atoms with Crippen molar-refractivity contribution in [3.05, 3.63) is 72.1 Å². The maximum atomic E-state index is 14.8. The van der Waals surface area contributed by atoms with Crippen LogP contribution in [0, 0.1) is 12.7 Å². The summed E-state index contributed by atoms with van der Waals surface area (Å²) in [5.74, 6) is 0.419. The van der Waals surface area contributed by atoms with Gasteiger partial charge in [-0.1, -0.05) is 24.3 Å². The average molecular weight is 421 g/mol. The smallest absolute Gasteiger partial charge is 0.180 e. The van der Waals surface area contributed by atoms with Crippen LogP contribution in [0.2, 0.25) is 0 Å². The number of halogens is 1. The largest absolute Gasteiger partial charge is 0.494 e. The molecule has 0 saturated heterocycles. The molecule has 2 aromatic heterocycles. The van der Waals surface area contributed by atoms with Gasteiger partial charge in [-0.2, -0.15) is 0 Å². The molecule has 0 bridgehead atoms. The molecule has 4 aromatic rings. The van der Waals surface area contributed by atoms with E-state index in [1.54, 1.807) is 30.6 Å². The summed E-state index contributed by atoms with van der Waals surface area (Å²) in [5, 5.41) is 15.5. The topological polar surface area (TPSA) is 83.7 Å². The number of benzene rings is 2. The van der Waals surface area contributed by atoms with E-state index in [9.17, 15) is 4.39 Å². The second-order valence-corrected chi connectivity index (χ2v) is 7.04. The molecule has 0 fully saturated rings. The molecular weight excluding hydrogens is 397 g/mol. The van der Waals surface area contributed by atoms with Crippen molar-refractivity contribution in [1.82, 2.24) is 19.7 Å². The summed E-state index contributed by atoms with van der Waals surface area (Å²) < 4.78 is 21.9. The number of rotatable bonds is 8. The molecule has 0 saturated carbocycles.